The molecule has 118 valence electrons. The van der Waals surface area contributed by atoms with Gasteiger partial charge in [0.25, 0.3) is 5.56 Å². The second kappa shape index (κ2) is 5.20. The van der Waals surface area contributed by atoms with Gasteiger partial charge < -0.3 is 20.7 Å². The Labute approximate surface area is 125 Å². The number of amides is 1. The van der Waals surface area contributed by atoms with Gasteiger partial charge in [0.2, 0.25) is 11.9 Å². The molecule has 0 spiro atoms. The number of aliphatic hydroxyl groups is 2. The molecule has 2 aliphatic rings. The first-order valence-electron chi connectivity index (χ1n) is 6.77. The number of anilines is 2. The van der Waals surface area contributed by atoms with Crippen molar-refractivity contribution in [2.45, 2.75) is 37.4 Å². The second-order valence-electron chi connectivity index (χ2n) is 5.29. The van der Waals surface area contributed by atoms with Crippen LogP contribution in [0.3, 0.4) is 0 Å². The van der Waals surface area contributed by atoms with E-state index in [1.165, 1.54) is 6.08 Å². The van der Waals surface area contributed by atoms with Gasteiger partial charge in [-0.15, -0.1) is 6.58 Å². The van der Waals surface area contributed by atoms with Crippen molar-refractivity contribution in [2.24, 2.45) is 0 Å². The molecule has 9 nitrogen and oxygen atoms in total. The molecule has 3 rings (SSSR count). The molecule has 3 heterocycles. The van der Waals surface area contributed by atoms with Crippen LogP contribution >= 0.6 is 0 Å². The largest absolute Gasteiger partial charge is 0.388 e. The van der Waals surface area contributed by atoms with Gasteiger partial charge in [-0.2, -0.15) is 4.98 Å². The van der Waals surface area contributed by atoms with Gasteiger partial charge in [0.05, 0.1) is 24.2 Å². The lowest BCUT2D eigenvalue weighted by molar-refractivity contribution is -0.121. The molecular formula is C13H16N4O5. The minimum Gasteiger partial charge on any atom is -0.388 e. The number of nitrogens with zero attached hydrogens (tertiary/aromatic N) is 2. The third-order valence-electron chi connectivity index (χ3n) is 3.83. The standard InChI is InChI=1S/C13H16N4O5/c1-2-6(18)8-4-7(19)12(22-8)17-9(20)3-5-10(17)15-13(14)16-11(5)21/h2,6-8,12,18-19H,1,3-4H2,(H3,14,15,16,21). The topological polar surface area (TPSA) is 142 Å². The van der Waals surface area contributed by atoms with Crippen LogP contribution in [0.5, 0.6) is 0 Å². The Morgan fingerprint density at radius 1 is 1.55 bits per heavy atom. The van der Waals surface area contributed by atoms with Crippen LogP contribution in [-0.2, 0) is 16.0 Å². The second-order valence-corrected chi connectivity index (χ2v) is 5.29. The number of H-pyrrole nitrogens is 1. The molecule has 4 unspecified atom stereocenters. The zero-order valence-corrected chi connectivity index (χ0v) is 11.6. The molecule has 4 atom stereocenters. The zero-order valence-electron chi connectivity index (χ0n) is 11.6. The van der Waals surface area contributed by atoms with Gasteiger partial charge in [0.1, 0.15) is 6.10 Å². The number of ether oxygens (including phenoxy) is 1. The number of nitrogen functional groups attached to an aromatic ring is 1. The number of nitrogens with two attached hydrogens (primary N) is 1. The van der Waals surface area contributed by atoms with Crippen LogP contribution in [0.1, 0.15) is 12.0 Å². The van der Waals surface area contributed by atoms with Crippen LogP contribution in [0.25, 0.3) is 0 Å². The minimum absolute atomic E-state index is 0.0871. The molecule has 5 N–H and O–H groups in total. The normalized spacial score (nSPS) is 28.7. The lowest BCUT2D eigenvalue weighted by atomic mass is 10.1. The summed E-state index contributed by atoms with van der Waals surface area (Å²) < 4.78 is 5.56. The van der Waals surface area contributed by atoms with E-state index in [9.17, 15) is 19.8 Å². The average molecular weight is 308 g/mol. The van der Waals surface area contributed by atoms with Gasteiger partial charge in [0.15, 0.2) is 12.0 Å². The minimum atomic E-state index is -1.03. The number of aromatic nitrogens is 2. The van der Waals surface area contributed by atoms with E-state index < -0.39 is 36.0 Å². The van der Waals surface area contributed by atoms with Crippen molar-refractivity contribution < 1.29 is 19.7 Å². The predicted molar refractivity (Wildman–Crippen MR) is 75.9 cm³/mol. The Bertz CT molecular complexity index is 687. The summed E-state index contributed by atoms with van der Waals surface area (Å²) >= 11 is 0. The van der Waals surface area contributed by atoms with Crippen molar-refractivity contribution in [3.8, 4) is 0 Å². The summed E-state index contributed by atoms with van der Waals surface area (Å²) in [6, 6.07) is 0. The number of rotatable bonds is 3. The zero-order chi connectivity index (χ0) is 16.0. The Hall–Kier alpha value is -2.23. The van der Waals surface area contributed by atoms with Crippen LogP contribution in [-0.4, -0.2) is 50.6 Å². The molecule has 0 saturated carbocycles. The summed E-state index contributed by atoms with van der Waals surface area (Å²) in [5.41, 5.74) is 5.20. The van der Waals surface area contributed by atoms with E-state index in [0.29, 0.717) is 0 Å². The summed E-state index contributed by atoms with van der Waals surface area (Å²) in [6.07, 6.45) is -2.41. The summed E-state index contributed by atoms with van der Waals surface area (Å²) in [6.45, 7) is 3.46. The monoisotopic (exact) mass is 308 g/mol. The molecule has 0 radical (unpaired) electrons. The summed E-state index contributed by atoms with van der Waals surface area (Å²) in [4.78, 5) is 31.4. The number of aliphatic hydroxyl groups excluding tert-OH is 2. The highest BCUT2D eigenvalue weighted by atomic mass is 16.5. The van der Waals surface area contributed by atoms with E-state index in [4.69, 9.17) is 10.5 Å². The molecule has 0 bridgehead atoms. The van der Waals surface area contributed by atoms with Gasteiger partial charge >= 0.3 is 0 Å². The molecule has 22 heavy (non-hydrogen) atoms. The Kier molecular flexibility index (Phi) is 3.47. The van der Waals surface area contributed by atoms with E-state index in [1.807, 2.05) is 0 Å². The first-order valence-corrected chi connectivity index (χ1v) is 6.77. The van der Waals surface area contributed by atoms with Crippen LogP contribution in [0.15, 0.2) is 17.4 Å². The van der Waals surface area contributed by atoms with Crippen molar-refractivity contribution in [1.29, 1.82) is 0 Å². The van der Waals surface area contributed by atoms with Gasteiger partial charge in [-0.05, 0) is 0 Å². The summed E-state index contributed by atoms with van der Waals surface area (Å²) in [5.74, 6) is -0.459. The molecule has 1 aromatic heterocycles. The number of carbonyl (C=O) groups excluding carboxylic acids is 1. The molecule has 9 heteroatoms. The van der Waals surface area contributed by atoms with Crippen LogP contribution in [0.2, 0.25) is 0 Å². The van der Waals surface area contributed by atoms with Gasteiger partial charge in [0, 0.05) is 6.42 Å². The first kappa shape index (κ1) is 14.7. The maximum atomic E-state index is 12.2. The number of hydrogen-bond donors (Lipinski definition) is 4. The lowest BCUT2D eigenvalue weighted by Crippen LogP contribution is -2.44. The highest BCUT2D eigenvalue weighted by Gasteiger charge is 2.46. The Balaban J connectivity index is 1.95. The van der Waals surface area contributed by atoms with E-state index in [1.54, 1.807) is 0 Å². The van der Waals surface area contributed by atoms with Crippen molar-refractivity contribution in [3.63, 3.8) is 0 Å². The maximum Gasteiger partial charge on any atom is 0.258 e. The van der Waals surface area contributed by atoms with Crippen LogP contribution in [0.4, 0.5) is 11.8 Å². The fourth-order valence-electron chi connectivity index (χ4n) is 2.76. The Morgan fingerprint density at radius 3 is 2.95 bits per heavy atom. The highest BCUT2D eigenvalue weighted by Crippen LogP contribution is 2.33. The fourth-order valence-corrected chi connectivity index (χ4v) is 2.76. The molecule has 2 aliphatic heterocycles. The van der Waals surface area contributed by atoms with Crippen molar-refractivity contribution >= 4 is 17.7 Å². The first-order chi connectivity index (χ1) is 10.4. The molecular weight excluding hydrogens is 292 g/mol. The van der Waals surface area contributed by atoms with E-state index in [2.05, 4.69) is 16.5 Å². The van der Waals surface area contributed by atoms with Crippen molar-refractivity contribution in [2.75, 3.05) is 10.6 Å². The quantitative estimate of drug-likeness (QED) is 0.486. The Morgan fingerprint density at radius 2 is 2.27 bits per heavy atom. The van der Waals surface area contributed by atoms with Crippen LogP contribution in [0, 0.1) is 0 Å². The third-order valence-corrected chi connectivity index (χ3v) is 3.83. The van der Waals surface area contributed by atoms with Crippen molar-refractivity contribution in [3.05, 3.63) is 28.6 Å². The summed E-state index contributed by atoms with van der Waals surface area (Å²) in [5, 5.41) is 19.9. The lowest BCUT2D eigenvalue weighted by Gasteiger charge is -2.26. The molecule has 1 fully saturated rings. The van der Waals surface area contributed by atoms with E-state index in [-0.39, 0.29) is 30.2 Å². The van der Waals surface area contributed by atoms with Gasteiger partial charge in [-0.3, -0.25) is 19.5 Å². The SMILES string of the molecule is C=CC(O)C1CC(O)C(N2C(=O)Cc3c2nc(N)[nH]c3=O)O1. The maximum absolute atomic E-state index is 12.2. The average Bonchev–Trinajstić information content (AvgIpc) is 2.98. The summed E-state index contributed by atoms with van der Waals surface area (Å²) in [7, 11) is 0. The predicted octanol–water partition coefficient (Wildman–Crippen LogP) is -1.74. The van der Waals surface area contributed by atoms with Gasteiger partial charge in [-0.1, -0.05) is 6.08 Å². The van der Waals surface area contributed by atoms with E-state index in [0.717, 1.165) is 4.90 Å². The van der Waals surface area contributed by atoms with E-state index >= 15 is 0 Å². The molecule has 0 aromatic carbocycles. The number of nitrogens with one attached hydrogen (secondary N) is 1. The fraction of sp³-hybridized carbons (Fsp3) is 0.462. The molecule has 1 aromatic rings. The van der Waals surface area contributed by atoms with Crippen molar-refractivity contribution in [1.82, 2.24) is 9.97 Å². The molecule has 0 aliphatic carbocycles. The number of hydrogen-bond acceptors (Lipinski definition) is 7. The van der Waals surface area contributed by atoms with Crippen LogP contribution < -0.4 is 16.2 Å². The number of aromatic amines is 1. The van der Waals surface area contributed by atoms with Gasteiger partial charge in [-0.25, -0.2) is 0 Å². The highest BCUT2D eigenvalue weighted by molar-refractivity contribution is 6.00. The third kappa shape index (κ3) is 2.19. The molecule has 1 saturated heterocycles. The number of fused-ring (bicyclic) bond motifs is 1. The molecule has 1 amide bonds. The smallest absolute Gasteiger partial charge is 0.258 e. The number of carbonyl (C=O) groups is 1.